The van der Waals surface area contributed by atoms with Crippen molar-refractivity contribution in [2.75, 3.05) is 19.6 Å². The van der Waals surface area contributed by atoms with Crippen LogP contribution in [0.5, 0.6) is 0 Å². The molecule has 0 aliphatic carbocycles. The van der Waals surface area contributed by atoms with Crippen LogP contribution in [0.3, 0.4) is 0 Å². The summed E-state index contributed by atoms with van der Waals surface area (Å²) in [6.07, 6.45) is 0.881. The zero-order chi connectivity index (χ0) is 15.8. The molecule has 2 aliphatic rings. The fourth-order valence-corrected chi connectivity index (χ4v) is 3.22. The molecule has 120 valence electrons. The first kappa shape index (κ1) is 16.0. The van der Waals surface area contributed by atoms with E-state index in [1.807, 2.05) is 13.8 Å². The Morgan fingerprint density at radius 1 is 1.38 bits per heavy atom. The predicted octanol–water partition coefficient (Wildman–Crippen LogP) is -0.142. The minimum Gasteiger partial charge on any atom is -0.341 e. The molecule has 2 heterocycles. The SMILES string of the molecule is CCN(CC)C(=O)[C@@H]1CC[C@H]2CN1C(=O)N2OS(=O)(=O)O. The fourth-order valence-electron chi connectivity index (χ4n) is 2.83. The van der Waals surface area contributed by atoms with E-state index >= 15 is 0 Å². The highest BCUT2D eigenvalue weighted by Crippen LogP contribution is 2.31. The van der Waals surface area contributed by atoms with Gasteiger partial charge in [0.2, 0.25) is 5.91 Å². The second-order valence-corrected chi connectivity index (χ2v) is 6.03. The number of hydrogen-bond donors (Lipinski definition) is 1. The number of rotatable bonds is 5. The van der Waals surface area contributed by atoms with E-state index in [0.717, 1.165) is 0 Å². The molecule has 0 radical (unpaired) electrons. The van der Waals surface area contributed by atoms with Gasteiger partial charge in [-0.1, -0.05) is 0 Å². The molecule has 9 nitrogen and oxygen atoms in total. The first-order chi connectivity index (χ1) is 9.78. The van der Waals surface area contributed by atoms with Gasteiger partial charge in [-0.3, -0.25) is 9.35 Å². The number of hydroxylamine groups is 2. The summed E-state index contributed by atoms with van der Waals surface area (Å²) < 4.78 is 34.6. The molecule has 0 aromatic rings. The van der Waals surface area contributed by atoms with E-state index < -0.39 is 28.5 Å². The van der Waals surface area contributed by atoms with E-state index in [9.17, 15) is 18.0 Å². The quantitative estimate of drug-likeness (QED) is 0.706. The molecule has 1 N–H and O–H groups in total. The average Bonchev–Trinajstić information content (AvgIpc) is 2.64. The first-order valence-electron chi connectivity index (χ1n) is 6.84. The smallest absolute Gasteiger partial charge is 0.341 e. The van der Waals surface area contributed by atoms with Crippen LogP contribution in [-0.2, 0) is 19.5 Å². The summed E-state index contributed by atoms with van der Waals surface area (Å²) in [4.78, 5) is 27.5. The monoisotopic (exact) mass is 321 g/mol. The second-order valence-electron chi connectivity index (χ2n) is 5.02. The lowest BCUT2D eigenvalue weighted by molar-refractivity contribution is -0.136. The molecule has 2 aliphatic heterocycles. The van der Waals surface area contributed by atoms with Crippen LogP contribution >= 0.6 is 0 Å². The van der Waals surface area contributed by atoms with Gasteiger partial charge >= 0.3 is 16.4 Å². The molecule has 10 heteroatoms. The normalized spacial score (nSPS) is 25.4. The highest BCUT2D eigenvalue weighted by molar-refractivity contribution is 7.80. The van der Waals surface area contributed by atoms with Crippen molar-refractivity contribution in [1.82, 2.24) is 14.9 Å². The molecule has 0 unspecified atom stereocenters. The molecule has 0 aromatic carbocycles. The number of fused-ring (bicyclic) bond motifs is 2. The molecule has 3 amide bonds. The number of piperidine rings is 1. The van der Waals surface area contributed by atoms with Gasteiger partial charge in [0, 0.05) is 19.6 Å². The molecular weight excluding hydrogens is 302 g/mol. The van der Waals surface area contributed by atoms with E-state index in [1.165, 1.54) is 4.90 Å². The van der Waals surface area contributed by atoms with Crippen molar-refractivity contribution in [3.63, 3.8) is 0 Å². The Bertz CT molecular complexity index is 532. The summed E-state index contributed by atoms with van der Waals surface area (Å²) in [5.74, 6) is -0.152. The number of nitrogens with zero attached hydrogens (tertiary/aromatic N) is 3. The van der Waals surface area contributed by atoms with Crippen molar-refractivity contribution in [1.29, 1.82) is 0 Å². The molecular formula is C11H19N3O6S. The van der Waals surface area contributed by atoms with Crippen LogP contribution in [0.4, 0.5) is 4.79 Å². The summed E-state index contributed by atoms with van der Waals surface area (Å²) >= 11 is 0. The van der Waals surface area contributed by atoms with Crippen molar-refractivity contribution in [2.24, 2.45) is 0 Å². The van der Waals surface area contributed by atoms with Crippen LogP contribution in [-0.4, -0.2) is 71.5 Å². The summed E-state index contributed by atoms with van der Waals surface area (Å²) in [5, 5.41) is 0.644. The summed E-state index contributed by atoms with van der Waals surface area (Å²) in [6.45, 7) is 5.01. The molecule has 2 rings (SSSR count). The topological polar surface area (TPSA) is 107 Å². The van der Waals surface area contributed by atoms with Crippen LogP contribution in [0.2, 0.25) is 0 Å². The number of amides is 3. The van der Waals surface area contributed by atoms with Crippen molar-refractivity contribution >= 4 is 22.3 Å². The van der Waals surface area contributed by atoms with Crippen molar-refractivity contribution < 1.29 is 26.8 Å². The Labute approximate surface area is 123 Å². The van der Waals surface area contributed by atoms with Crippen LogP contribution in [0.1, 0.15) is 26.7 Å². The third-order valence-electron chi connectivity index (χ3n) is 3.86. The summed E-state index contributed by atoms with van der Waals surface area (Å²) in [6, 6.07) is -1.79. The van der Waals surface area contributed by atoms with E-state index in [-0.39, 0.29) is 12.5 Å². The standard InChI is InChI=1S/C11H19N3O6S/c1-3-12(4-2)10(15)9-6-5-8-7-13(9)11(16)14(8)20-21(17,18)19/h8-9H,3-7H2,1-2H3,(H,17,18,19)/t8-,9-/m0/s1. The highest BCUT2D eigenvalue weighted by Gasteiger charge is 2.49. The lowest BCUT2D eigenvalue weighted by Gasteiger charge is -2.33. The molecule has 21 heavy (non-hydrogen) atoms. The number of likely N-dealkylation sites (N-methyl/N-ethyl adjacent to an activating group) is 1. The van der Waals surface area contributed by atoms with E-state index in [2.05, 4.69) is 4.28 Å². The van der Waals surface area contributed by atoms with Crippen LogP contribution in [0, 0.1) is 0 Å². The van der Waals surface area contributed by atoms with Gasteiger partial charge in [-0.2, -0.15) is 13.5 Å². The lowest BCUT2D eigenvalue weighted by Crippen LogP contribution is -2.51. The van der Waals surface area contributed by atoms with E-state index in [1.54, 1.807) is 4.90 Å². The number of urea groups is 1. The van der Waals surface area contributed by atoms with Crippen LogP contribution < -0.4 is 0 Å². The largest absolute Gasteiger partial charge is 0.418 e. The molecule has 2 fully saturated rings. The summed E-state index contributed by atoms with van der Waals surface area (Å²) in [5.41, 5.74) is 0. The van der Waals surface area contributed by atoms with Gasteiger partial charge in [-0.05, 0) is 26.7 Å². The highest BCUT2D eigenvalue weighted by atomic mass is 32.3. The van der Waals surface area contributed by atoms with Gasteiger partial charge < -0.3 is 9.80 Å². The lowest BCUT2D eigenvalue weighted by atomic mass is 10.00. The predicted molar refractivity (Wildman–Crippen MR) is 71.3 cm³/mol. The Balaban J connectivity index is 2.15. The van der Waals surface area contributed by atoms with Crippen molar-refractivity contribution in [2.45, 2.75) is 38.8 Å². The van der Waals surface area contributed by atoms with Gasteiger partial charge in [0.05, 0.1) is 6.04 Å². The molecule has 0 saturated carbocycles. The molecule has 2 bridgehead atoms. The van der Waals surface area contributed by atoms with Gasteiger partial charge in [0.25, 0.3) is 0 Å². The zero-order valence-corrected chi connectivity index (χ0v) is 12.7. The second kappa shape index (κ2) is 5.78. The van der Waals surface area contributed by atoms with Gasteiger partial charge in [0.1, 0.15) is 6.04 Å². The number of carbonyl (C=O) groups excluding carboxylic acids is 2. The van der Waals surface area contributed by atoms with Crippen molar-refractivity contribution in [3.05, 3.63) is 0 Å². The maximum atomic E-state index is 12.4. The number of hydrogen-bond acceptors (Lipinski definition) is 5. The molecule has 0 aromatic heterocycles. The van der Waals surface area contributed by atoms with Crippen molar-refractivity contribution in [3.8, 4) is 0 Å². The van der Waals surface area contributed by atoms with E-state index in [0.29, 0.717) is 31.0 Å². The van der Waals surface area contributed by atoms with Gasteiger partial charge in [-0.25, -0.2) is 4.79 Å². The Hall–Kier alpha value is -1.39. The molecule has 2 atom stereocenters. The minimum atomic E-state index is -4.76. The third-order valence-corrected chi connectivity index (χ3v) is 4.21. The maximum Gasteiger partial charge on any atom is 0.418 e. The minimum absolute atomic E-state index is 0.152. The van der Waals surface area contributed by atoms with Gasteiger partial charge in [0.15, 0.2) is 0 Å². The Morgan fingerprint density at radius 3 is 2.52 bits per heavy atom. The Morgan fingerprint density at radius 2 is 2.00 bits per heavy atom. The molecule has 2 saturated heterocycles. The maximum absolute atomic E-state index is 12.4. The van der Waals surface area contributed by atoms with Crippen LogP contribution in [0.25, 0.3) is 0 Å². The zero-order valence-electron chi connectivity index (χ0n) is 11.9. The van der Waals surface area contributed by atoms with E-state index in [4.69, 9.17) is 4.55 Å². The summed E-state index contributed by atoms with van der Waals surface area (Å²) in [7, 11) is -4.76. The van der Waals surface area contributed by atoms with Crippen LogP contribution in [0.15, 0.2) is 0 Å². The average molecular weight is 321 g/mol. The number of carbonyl (C=O) groups is 2. The Kier molecular flexibility index (Phi) is 4.40. The first-order valence-corrected chi connectivity index (χ1v) is 8.20. The van der Waals surface area contributed by atoms with Gasteiger partial charge in [-0.15, -0.1) is 4.28 Å². The molecule has 0 spiro atoms. The third kappa shape index (κ3) is 3.11. The fraction of sp³-hybridized carbons (Fsp3) is 0.818.